The monoisotopic (exact) mass is 2200 g/mol. The van der Waals surface area contributed by atoms with Crippen molar-refractivity contribution >= 4 is 136 Å². The molecule has 10 heterocycles. The maximum Gasteiger partial charge on any atom is 0.351 e. The standard InChI is InChI=1S/C13H21F2N3O6P2.C12H19F2N3O7P2.C11H17F2N3O8P2.C10H12Cl3F2N3O6P2.C9H11F2N3O4.C8H16OS.3CH4/c1-25(2,21)7-26(3,22)23-6-8-10(19)13(14,15)11(24-8)18-5-4-9(16)17-12(18)20;1-25(2,20)6-26(21,22)23-5-7-9(18)12(13,14)10(24-7)17-4-3-8(15)16-11(17)19;1-25(19,20)5-26(21,22)23-4-6-8(17)11(12,13)9(24-6)16-3-2-7(14)15-10(16)18;11-25(12,21)4-26(13,22)23-3-5-7(19)10(14,15)8(24-5)18-2-1-6(16)17-9(18)20;10-9(11)6(16)4(3-15)18-7(9)14-2-1-5(12)13-8(14)17;1-5-6-10-7(9)8(2,3)4;;;/h4-5,8,10-11,19H,6-7H2,1-3H3,(H2,16,17,20);3-4,7,9-10,18H,5-6H2,1-2H3,(H,21,22)(H2,15,16,19);2-3,6,8-9,17H,4-5H2,1H3,(H,19,20)(H,21,22)(H2,14,15,18);1-2,5,7-8,19H,3-4H2,(H2,16,17,20);1-2,4,6-7,15-16H,3H2,(H2,12,13,17);5-6H2,1-4H3;3*1H4/t8-,10+,11-,26?;7-,9+,10-;6-,8+,9-;5-,7+,8-,26?;4-,6+,7-;;;;/m11111..../s1. The average molecular weight is 2200 g/mol. The molecule has 5 aliphatic heterocycles. The zero-order valence-corrected chi connectivity index (χ0v) is 80.6. The molecule has 0 amide bonds. The van der Waals surface area contributed by atoms with Crippen LogP contribution in [-0.2, 0) is 83.1 Å². The Morgan fingerprint density at radius 1 is 0.430 bits per heavy atom. The molecule has 5 fully saturated rings. The Morgan fingerprint density at radius 3 is 0.881 bits per heavy atom. The van der Waals surface area contributed by atoms with Gasteiger partial charge < -0.3 is 125 Å². The maximum atomic E-state index is 14.3. The first-order chi connectivity index (χ1) is 59.8. The number of hydrogen-bond donors (Lipinski definition) is 14. The molecule has 5 aliphatic rings. The number of thioether (sulfide) groups is 1. The first-order valence-electron chi connectivity index (χ1n) is 37.3. The zero-order chi connectivity index (χ0) is 101. The van der Waals surface area contributed by atoms with Gasteiger partial charge in [-0.3, -0.25) is 55.0 Å². The number of aliphatic hydroxyl groups excluding tert-OH is 6. The van der Waals surface area contributed by atoms with Crippen LogP contribution in [0.25, 0.3) is 0 Å². The molecule has 0 radical (unpaired) electrons. The highest BCUT2D eigenvalue weighted by Gasteiger charge is 2.65. The van der Waals surface area contributed by atoms with E-state index in [1.54, 1.807) is 0 Å². The Bertz CT molecular complexity index is 5060. The number of rotatable bonds is 28. The molecular weight excluding hydrogens is 2090 g/mol. The van der Waals surface area contributed by atoms with E-state index in [1.165, 1.54) is 45.1 Å². The van der Waals surface area contributed by atoms with Crippen molar-refractivity contribution in [1.29, 1.82) is 0 Å². The smallest absolute Gasteiger partial charge is 0.351 e. The fourth-order valence-corrected chi connectivity index (χ4v) is 32.9. The minimum atomic E-state index is -4.59. The summed E-state index contributed by atoms with van der Waals surface area (Å²) in [6.45, 7) is 7.18. The van der Waals surface area contributed by atoms with Crippen molar-refractivity contribution in [3.63, 3.8) is 0 Å². The van der Waals surface area contributed by atoms with E-state index in [0.717, 1.165) is 80.2 Å². The maximum absolute atomic E-state index is 14.3. The number of halogens is 13. The molecule has 0 aliphatic carbocycles. The van der Waals surface area contributed by atoms with Crippen LogP contribution >= 0.6 is 102 Å². The second kappa shape index (κ2) is 48.7. The highest BCUT2D eigenvalue weighted by Crippen LogP contribution is 2.71. The lowest BCUT2D eigenvalue weighted by molar-refractivity contribution is -0.141. The lowest BCUT2D eigenvalue weighted by atomic mass is 10.00. The van der Waals surface area contributed by atoms with Crippen LogP contribution in [0.4, 0.5) is 73.0 Å². The Balaban J connectivity index is 0.000000555. The van der Waals surface area contributed by atoms with E-state index in [-0.39, 0.29) is 62.7 Å². The second-order valence-electron chi connectivity index (χ2n) is 31.4. The van der Waals surface area contributed by atoms with Crippen LogP contribution in [0.3, 0.4) is 0 Å². The van der Waals surface area contributed by atoms with Gasteiger partial charge in [-0.25, -0.2) is 24.0 Å². The Labute approximate surface area is 781 Å². The molecule has 0 spiro atoms. The third-order valence-electron chi connectivity index (χ3n) is 17.4. The Hall–Kier alpha value is -5.29. The van der Waals surface area contributed by atoms with E-state index in [4.69, 9.17) is 105 Å². The molecule has 5 aromatic rings. The molecular formula is C66H108Cl3F10N15O32P8S. The minimum absolute atomic E-state index is 0. The van der Waals surface area contributed by atoms with Crippen molar-refractivity contribution in [1.82, 2.24) is 47.8 Å². The van der Waals surface area contributed by atoms with Crippen LogP contribution in [0, 0.1) is 5.41 Å². The summed E-state index contributed by atoms with van der Waals surface area (Å²) in [5, 5.41) is 57.5. The van der Waals surface area contributed by atoms with Crippen LogP contribution in [0.1, 0.15) is 87.5 Å². The Kier molecular flexibility index (Phi) is 45.3. The molecule has 0 bridgehead atoms. The Morgan fingerprint density at radius 2 is 0.667 bits per heavy atom. The largest absolute Gasteiger partial charge is 0.394 e. The normalized spacial score (nSPS) is 26.9. The first kappa shape index (κ1) is 126. The number of hydrogen-bond acceptors (Lipinski definition) is 40. The van der Waals surface area contributed by atoms with E-state index in [0.29, 0.717) is 28.0 Å². The van der Waals surface area contributed by atoms with E-state index in [1.807, 2.05) is 20.8 Å². The van der Waals surface area contributed by atoms with E-state index >= 15 is 0 Å². The molecule has 135 heavy (non-hydrogen) atoms. The fourth-order valence-electron chi connectivity index (χ4n) is 11.5. The molecule has 0 saturated carbocycles. The van der Waals surface area contributed by atoms with Crippen LogP contribution in [0.15, 0.2) is 85.3 Å². The number of nitrogens with two attached hydrogens (primary N) is 5. The van der Waals surface area contributed by atoms with Gasteiger partial charge in [-0.05, 0) is 97.1 Å². The fraction of sp³-hybridized carbons (Fsp3) is 0.682. The molecule has 19 N–H and O–H groups in total. The predicted molar refractivity (Wildman–Crippen MR) is 477 cm³/mol. The predicted octanol–water partition coefficient (Wildman–Crippen LogP) is 7.62. The lowest BCUT2D eigenvalue weighted by Gasteiger charge is -2.21. The molecule has 20 atom stereocenters. The third kappa shape index (κ3) is 36.0. The second-order valence-corrected chi connectivity index (χ2v) is 58.7. The summed E-state index contributed by atoms with van der Waals surface area (Å²) in [6.07, 6.45) is -25.0. The first-order valence-corrected chi connectivity index (χ1v) is 58.3. The number of anilines is 5. The number of carbonyl (C=O) groups excluding carboxylic acids is 1. The molecule has 10 rings (SSSR count). The molecule has 69 heteroatoms. The minimum Gasteiger partial charge on any atom is -0.394 e. The van der Waals surface area contributed by atoms with Gasteiger partial charge in [0.25, 0.3) is 12.6 Å². The SMILES string of the molecule is C.C.C.CCCSC(=O)C(C)(C)C.CP(=O)(O)CP(=O)(O)OC[C@H]1O[C@@H](n2ccc(N)nc2=O)C(F)(F)[C@H]1O.CP(C)(=O)CP(=O)(O)OC[C@H]1O[C@@H](n2ccc(N)nc2=O)C(F)(F)[C@H]1O.CP(C)(=O)CP(C)(=O)OC[C@H]1O[C@@H](n2ccc(N)nc2=O)C(F)(F)[C@H]1O.Nc1ccn([C@@H]2O[C@H](CO)[C@H](O)C2(F)F)c(=O)n1.Nc1ccn([C@@H]2O[C@H](COP(=O)(Cl)CP(=O)(Cl)Cl)[C@H](O)C2(F)F)c(=O)n1. The molecule has 5 saturated heterocycles. The quantitative estimate of drug-likeness (QED) is 0.0169. The van der Waals surface area contributed by atoms with E-state index in [9.17, 15) is 145 Å². The van der Waals surface area contributed by atoms with Gasteiger partial charge in [0.15, 0.2) is 35.6 Å². The molecule has 47 nitrogen and oxygen atoms in total. The van der Waals surface area contributed by atoms with Gasteiger partial charge in [0.05, 0.1) is 53.2 Å². The number of aliphatic hydroxyl groups is 6. The number of aromatic nitrogens is 10. The summed E-state index contributed by atoms with van der Waals surface area (Å²) in [4.78, 5) is 114. The van der Waals surface area contributed by atoms with Gasteiger partial charge in [0.2, 0.25) is 45.9 Å². The number of nitrogen functional groups attached to an aromatic ring is 5. The van der Waals surface area contributed by atoms with Crippen molar-refractivity contribution in [3.05, 3.63) is 114 Å². The number of alkyl halides is 10. The van der Waals surface area contributed by atoms with Gasteiger partial charge in [-0.2, -0.15) is 68.8 Å². The van der Waals surface area contributed by atoms with Crippen LogP contribution in [0.5, 0.6) is 0 Å². The van der Waals surface area contributed by atoms with Gasteiger partial charge in [-0.15, -0.1) is 0 Å². The van der Waals surface area contributed by atoms with E-state index < -0.39 is 258 Å². The van der Waals surface area contributed by atoms with Crippen LogP contribution in [-0.4, -0.2) is 291 Å². The lowest BCUT2D eigenvalue weighted by Crippen LogP contribution is -2.41. The van der Waals surface area contributed by atoms with E-state index in [2.05, 4.69) is 40.9 Å². The zero-order valence-electron chi connectivity index (χ0n) is 70.4. The average Bonchev–Trinajstić information content (AvgIpc) is 1.64. The summed E-state index contributed by atoms with van der Waals surface area (Å²) < 4.78 is 281. The van der Waals surface area contributed by atoms with Crippen molar-refractivity contribution in [2.24, 2.45) is 5.41 Å². The number of nitrogens with zero attached hydrogens (tertiary/aromatic N) is 10. The summed E-state index contributed by atoms with van der Waals surface area (Å²) >= 11 is 17.4. The van der Waals surface area contributed by atoms with Gasteiger partial charge in [0, 0.05) is 55.5 Å². The summed E-state index contributed by atoms with van der Waals surface area (Å²) in [7, 11) is -21.8. The van der Waals surface area contributed by atoms with Crippen molar-refractivity contribution in [2.75, 3.05) is 131 Å². The van der Waals surface area contributed by atoms with Crippen LogP contribution < -0.4 is 57.1 Å². The van der Waals surface area contributed by atoms with Gasteiger partial charge in [0.1, 0.15) is 77.3 Å². The molecule has 0 aromatic carbocycles. The van der Waals surface area contributed by atoms with Crippen molar-refractivity contribution in [2.45, 2.75) is 178 Å². The summed E-state index contributed by atoms with van der Waals surface area (Å²) in [5.41, 5.74) is 20.7. The number of carbonyl (C=O) groups is 1. The third-order valence-corrected chi connectivity index (χ3v) is 39.5. The number of ether oxygens (including phenoxy) is 5. The molecule has 5 aromatic heterocycles. The topological polar surface area (TPSA) is 723 Å². The highest BCUT2D eigenvalue weighted by molar-refractivity contribution is 8.14. The summed E-state index contributed by atoms with van der Waals surface area (Å²) in [6, 6.07) is 5.54. The van der Waals surface area contributed by atoms with Crippen molar-refractivity contribution in [3.8, 4) is 0 Å². The van der Waals surface area contributed by atoms with Gasteiger partial charge in [-0.1, -0.05) is 61.7 Å². The van der Waals surface area contributed by atoms with Crippen molar-refractivity contribution < 1.29 is 172 Å². The van der Waals surface area contributed by atoms with Crippen LogP contribution in [0.2, 0.25) is 0 Å². The molecule has 5 unspecified atom stereocenters. The van der Waals surface area contributed by atoms with Gasteiger partial charge >= 0.3 is 73.3 Å². The summed E-state index contributed by atoms with van der Waals surface area (Å²) in [5.74, 6) is -25.9. The highest BCUT2D eigenvalue weighted by atomic mass is 35.9. The molecule has 776 valence electrons.